The van der Waals surface area contributed by atoms with Crippen LogP contribution in [0.1, 0.15) is 32.2 Å². The monoisotopic (exact) mass is 424 g/mol. The second kappa shape index (κ2) is 8.13. The van der Waals surface area contributed by atoms with Crippen molar-refractivity contribution in [3.63, 3.8) is 0 Å². The van der Waals surface area contributed by atoms with E-state index in [2.05, 4.69) is 21.3 Å². The van der Waals surface area contributed by atoms with Crippen LogP contribution in [0.5, 0.6) is 0 Å². The number of aromatic nitrogens is 5. The summed E-state index contributed by atoms with van der Waals surface area (Å²) in [5.74, 6) is -0.529. The molecule has 0 aliphatic carbocycles. The highest BCUT2D eigenvalue weighted by Crippen LogP contribution is 2.33. The van der Waals surface area contributed by atoms with Crippen LogP contribution in [-0.4, -0.2) is 30.5 Å². The van der Waals surface area contributed by atoms with Crippen LogP contribution in [-0.2, 0) is 16.6 Å². The summed E-state index contributed by atoms with van der Waals surface area (Å²) in [6, 6.07) is 9.26. The smallest absolute Gasteiger partial charge is 0.316 e. The Hall–Kier alpha value is -3.44. The lowest BCUT2D eigenvalue weighted by atomic mass is 9.97. The van der Waals surface area contributed by atoms with Gasteiger partial charge in [0, 0.05) is 19.4 Å². The Balaban J connectivity index is 2.20. The predicted molar refractivity (Wildman–Crippen MR) is 113 cm³/mol. The van der Waals surface area contributed by atoms with Crippen molar-refractivity contribution in [2.45, 2.75) is 27.7 Å². The first-order valence-electron chi connectivity index (χ1n) is 9.17. The number of ether oxygens (including phenoxy) is 1. The maximum atomic E-state index is 12.7. The van der Waals surface area contributed by atoms with Crippen LogP contribution in [0.3, 0.4) is 0 Å². The molecule has 3 aromatic heterocycles. The molecule has 0 amide bonds. The van der Waals surface area contributed by atoms with E-state index in [0.717, 1.165) is 0 Å². The molecule has 9 heteroatoms. The Bertz CT molecular complexity index is 1160. The lowest BCUT2D eigenvalue weighted by Crippen LogP contribution is -2.23. The van der Waals surface area contributed by atoms with Crippen LogP contribution >= 0.6 is 11.6 Å². The first kappa shape index (κ1) is 21.3. The lowest BCUT2D eigenvalue weighted by molar-refractivity contribution is -0.145. The van der Waals surface area contributed by atoms with Crippen molar-refractivity contribution in [2.75, 3.05) is 0 Å². The van der Waals surface area contributed by atoms with Gasteiger partial charge >= 0.3 is 5.97 Å². The summed E-state index contributed by atoms with van der Waals surface area (Å²) in [6.07, 6.45) is 3.26. The summed E-state index contributed by atoms with van der Waals surface area (Å²) in [6.45, 7) is 6.90. The van der Waals surface area contributed by atoms with Crippen LogP contribution in [0.15, 0.2) is 36.7 Å². The third-order valence-electron chi connectivity index (χ3n) is 4.24. The van der Waals surface area contributed by atoms with E-state index in [1.807, 2.05) is 12.1 Å². The fraction of sp³-hybridized carbons (Fsp3) is 0.286. The summed E-state index contributed by atoms with van der Waals surface area (Å²) in [5.41, 5.74) is 1.28. The number of pyridine rings is 1. The van der Waals surface area contributed by atoms with Crippen LogP contribution in [0.25, 0.3) is 22.8 Å². The van der Waals surface area contributed by atoms with Gasteiger partial charge in [0.15, 0.2) is 11.5 Å². The molecular formula is C21H21ClN6O2. The van der Waals surface area contributed by atoms with Crippen molar-refractivity contribution >= 4 is 29.0 Å². The maximum absolute atomic E-state index is 12.7. The Morgan fingerprint density at radius 2 is 1.93 bits per heavy atom. The number of rotatable bonds is 4. The maximum Gasteiger partial charge on any atom is 0.316 e. The van der Waals surface area contributed by atoms with Crippen molar-refractivity contribution in [3.05, 3.63) is 53.1 Å². The Labute approximate surface area is 179 Å². The van der Waals surface area contributed by atoms with Gasteiger partial charge in [-0.3, -0.25) is 14.5 Å². The summed E-state index contributed by atoms with van der Waals surface area (Å²) in [7, 11) is 1.66. The molecule has 8 nitrogen and oxygen atoms in total. The van der Waals surface area contributed by atoms with Crippen LogP contribution in [0, 0.1) is 23.7 Å². The molecule has 3 aromatic rings. The van der Waals surface area contributed by atoms with Gasteiger partial charge in [-0.05, 0) is 45.9 Å². The molecule has 0 saturated heterocycles. The van der Waals surface area contributed by atoms with E-state index >= 15 is 0 Å². The minimum atomic E-state index is -0.796. The number of aryl methyl sites for hydroxylation is 2. The van der Waals surface area contributed by atoms with Gasteiger partial charge < -0.3 is 4.74 Å². The van der Waals surface area contributed by atoms with Gasteiger partial charge in [0.1, 0.15) is 17.5 Å². The quantitative estimate of drug-likeness (QED) is 0.355. The predicted octanol–water partition coefficient (Wildman–Crippen LogP) is 4.08. The topological polar surface area (TPSA) is 98.6 Å². The molecule has 154 valence electrons. The number of nitrogens with zero attached hydrogens (tertiary/aromatic N) is 6. The van der Waals surface area contributed by atoms with Crippen molar-refractivity contribution in [1.82, 2.24) is 24.5 Å². The summed E-state index contributed by atoms with van der Waals surface area (Å²) >= 11 is 6.44. The number of carbonyl (C=O) groups excluding carboxylic acids is 1. The molecule has 30 heavy (non-hydrogen) atoms. The molecule has 0 atom stereocenters. The van der Waals surface area contributed by atoms with E-state index in [4.69, 9.17) is 16.3 Å². The van der Waals surface area contributed by atoms with Crippen LogP contribution < -0.4 is 0 Å². The molecule has 0 aromatic carbocycles. The van der Waals surface area contributed by atoms with Gasteiger partial charge in [0.05, 0.1) is 21.8 Å². The standard InChI is InChI=1S/C21H21ClN6O2/c1-13-17(22)18(27(5)25-13)19(30-20(29)21(2,3)4)16(12-23)28-11-9-15(26-28)14-8-6-7-10-24-14/h6-11H,1-5H3. The van der Waals surface area contributed by atoms with E-state index < -0.39 is 11.4 Å². The zero-order valence-corrected chi connectivity index (χ0v) is 18.1. The molecule has 3 heterocycles. The Morgan fingerprint density at radius 3 is 2.47 bits per heavy atom. The van der Waals surface area contributed by atoms with Gasteiger partial charge in [-0.15, -0.1) is 0 Å². The third kappa shape index (κ3) is 4.11. The van der Waals surface area contributed by atoms with E-state index in [1.165, 1.54) is 9.36 Å². The van der Waals surface area contributed by atoms with Gasteiger partial charge in [-0.25, -0.2) is 4.68 Å². The number of carbonyl (C=O) groups is 1. The molecule has 0 radical (unpaired) electrons. The molecular weight excluding hydrogens is 404 g/mol. The minimum absolute atomic E-state index is 0.000295. The molecule has 3 rings (SSSR count). The second-order valence-corrected chi connectivity index (χ2v) is 8.04. The zero-order chi connectivity index (χ0) is 22.1. The van der Waals surface area contributed by atoms with Gasteiger partial charge in [0.2, 0.25) is 0 Å². The molecule has 0 fully saturated rings. The summed E-state index contributed by atoms with van der Waals surface area (Å²) in [4.78, 5) is 16.9. The molecule has 0 aliphatic heterocycles. The van der Waals surface area contributed by atoms with Crippen molar-refractivity contribution in [1.29, 1.82) is 5.26 Å². The fourth-order valence-corrected chi connectivity index (χ4v) is 2.88. The number of allylic oxidation sites excluding steroid dienone is 1. The number of halogens is 1. The lowest BCUT2D eigenvalue weighted by Gasteiger charge is -2.19. The highest BCUT2D eigenvalue weighted by atomic mass is 35.5. The largest absolute Gasteiger partial charge is 0.421 e. The highest BCUT2D eigenvalue weighted by Gasteiger charge is 2.30. The van der Waals surface area contributed by atoms with Gasteiger partial charge in [-0.1, -0.05) is 17.7 Å². The number of esters is 1. The third-order valence-corrected chi connectivity index (χ3v) is 4.69. The van der Waals surface area contributed by atoms with Crippen molar-refractivity contribution < 1.29 is 9.53 Å². The number of nitriles is 1. The second-order valence-electron chi connectivity index (χ2n) is 7.66. The zero-order valence-electron chi connectivity index (χ0n) is 17.3. The average Bonchev–Trinajstić information content (AvgIpc) is 3.27. The molecule has 0 unspecified atom stereocenters. The van der Waals surface area contributed by atoms with Gasteiger partial charge in [0.25, 0.3) is 0 Å². The van der Waals surface area contributed by atoms with Crippen molar-refractivity contribution in [2.24, 2.45) is 12.5 Å². The van der Waals surface area contributed by atoms with E-state index in [1.54, 1.807) is 59.3 Å². The first-order chi connectivity index (χ1) is 14.1. The van der Waals surface area contributed by atoms with Gasteiger partial charge in [-0.2, -0.15) is 15.5 Å². The van der Waals surface area contributed by atoms with E-state index in [-0.39, 0.29) is 11.5 Å². The molecule has 0 spiro atoms. The van der Waals surface area contributed by atoms with Crippen LogP contribution in [0.2, 0.25) is 5.02 Å². The van der Waals surface area contributed by atoms with Crippen molar-refractivity contribution in [3.8, 4) is 17.5 Å². The Kier molecular flexibility index (Phi) is 5.76. The molecule has 0 bridgehead atoms. The minimum Gasteiger partial charge on any atom is -0.421 e. The SMILES string of the molecule is Cc1nn(C)c(C(OC(=O)C(C)(C)C)=C(C#N)n2ccc(-c3ccccn3)n2)c1Cl. The summed E-state index contributed by atoms with van der Waals surface area (Å²) < 4.78 is 8.51. The average molecular weight is 425 g/mol. The fourth-order valence-electron chi connectivity index (χ4n) is 2.64. The number of hydrogen-bond acceptors (Lipinski definition) is 6. The summed E-state index contributed by atoms with van der Waals surface area (Å²) in [5, 5.41) is 19.0. The molecule has 0 aliphatic rings. The molecule has 0 saturated carbocycles. The highest BCUT2D eigenvalue weighted by molar-refractivity contribution is 6.33. The normalized spacial score (nSPS) is 12.3. The van der Waals surface area contributed by atoms with E-state index in [0.29, 0.717) is 27.8 Å². The van der Waals surface area contributed by atoms with Crippen LogP contribution in [0.4, 0.5) is 0 Å². The Morgan fingerprint density at radius 1 is 1.20 bits per heavy atom. The van der Waals surface area contributed by atoms with E-state index in [9.17, 15) is 10.1 Å². The molecule has 0 N–H and O–H groups in total. The number of hydrogen-bond donors (Lipinski definition) is 0. The first-order valence-corrected chi connectivity index (χ1v) is 9.55.